The molecule has 3 aromatic rings. The van der Waals surface area contributed by atoms with E-state index < -0.39 is 0 Å². The number of nitrogens with one attached hydrogen (secondary N) is 3. The van der Waals surface area contributed by atoms with Crippen molar-refractivity contribution in [3.63, 3.8) is 0 Å². The fourth-order valence-corrected chi connectivity index (χ4v) is 3.21. The summed E-state index contributed by atoms with van der Waals surface area (Å²) in [7, 11) is 0. The molecular formula is C19H22N6O2. The van der Waals surface area contributed by atoms with Crippen LogP contribution in [0.1, 0.15) is 42.5 Å². The van der Waals surface area contributed by atoms with Crippen LogP contribution in [0.4, 0.5) is 0 Å². The predicted octanol–water partition coefficient (Wildman–Crippen LogP) is 1.95. The molecule has 1 aliphatic rings. The van der Waals surface area contributed by atoms with Gasteiger partial charge >= 0.3 is 0 Å². The van der Waals surface area contributed by atoms with Gasteiger partial charge in [0.2, 0.25) is 5.91 Å². The summed E-state index contributed by atoms with van der Waals surface area (Å²) in [5.74, 6) is 1.66. The molecule has 1 aliphatic heterocycles. The van der Waals surface area contributed by atoms with Crippen molar-refractivity contribution in [1.82, 2.24) is 30.9 Å². The molecule has 0 saturated carbocycles. The topological polar surface area (TPSA) is 97.0 Å². The van der Waals surface area contributed by atoms with Gasteiger partial charge in [-0.2, -0.15) is 5.10 Å². The van der Waals surface area contributed by atoms with E-state index >= 15 is 0 Å². The van der Waals surface area contributed by atoms with Gasteiger partial charge in [0.25, 0.3) is 0 Å². The maximum atomic E-state index is 12.6. The second kappa shape index (κ2) is 7.34. The van der Waals surface area contributed by atoms with Crippen LogP contribution in [0, 0.1) is 6.92 Å². The lowest BCUT2D eigenvalue weighted by atomic mass is 10.1. The van der Waals surface area contributed by atoms with E-state index in [1.54, 1.807) is 11.0 Å². The Labute approximate surface area is 156 Å². The van der Waals surface area contributed by atoms with E-state index in [-0.39, 0.29) is 24.0 Å². The van der Waals surface area contributed by atoms with E-state index in [0.29, 0.717) is 6.42 Å². The standard InChI is InChI=1S/C19H22N6O2/c1-12-3-8-18(27-12)16-9-17(24-23-16)19(26)22-13(2)14-4-6-15(7-5-14)25-11-20-10-21-25/h3-8,10-11,13,16-17,23-24H,9H2,1-2H3,(H,22,26). The number of carbonyl (C=O) groups excluding carboxylic acids is 1. The summed E-state index contributed by atoms with van der Waals surface area (Å²) < 4.78 is 7.33. The average Bonchev–Trinajstić information content (AvgIpc) is 3.43. The van der Waals surface area contributed by atoms with Crippen molar-refractivity contribution in [3.8, 4) is 5.69 Å². The Morgan fingerprint density at radius 2 is 2.07 bits per heavy atom. The normalized spacial score (nSPS) is 20.5. The SMILES string of the molecule is Cc1ccc(C2CC(C(=O)NC(C)c3ccc(-n4cncn4)cc3)NN2)o1. The number of furan rings is 1. The summed E-state index contributed by atoms with van der Waals surface area (Å²) in [5.41, 5.74) is 8.14. The zero-order chi connectivity index (χ0) is 18.8. The average molecular weight is 366 g/mol. The first kappa shape index (κ1) is 17.4. The van der Waals surface area contributed by atoms with Crippen molar-refractivity contribution in [1.29, 1.82) is 0 Å². The number of aryl methyl sites for hydroxylation is 1. The van der Waals surface area contributed by atoms with Crippen LogP contribution in [0.2, 0.25) is 0 Å². The smallest absolute Gasteiger partial charge is 0.239 e. The third-order valence-corrected chi connectivity index (χ3v) is 4.76. The zero-order valence-corrected chi connectivity index (χ0v) is 15.2. The van der Waals surface area contributed by atoms with Crippen LogP contribution in [-0.4, -0.2) is 26.7 Å². The van der Waals surface area contributed by atoms with Crippen LogP contribution in [-0.2, 0) is 4.79 Å². The van der Waals surface area contributed by atoms with Gasteiger partial charge in [-0.1, -0.05) is 12.1 Å². The molecule has 1 saturated heterocycles. The molecule has 0 radical (unpaired) electrons. The molecule has 1 fully saturated rings. The molecule has 3 heterocycles. The van der Waals surface area contributed by atoms with E-state index in [9.17, 15) is 4.79 Å². The van der Waals surface area contributed by atoms with Crippen LogP contribution in [0.15, 0.2) is 53.5 Å². The molecule has 0 bridgehead atoms. The summed E-state index contributed by atoms with van der Waals surface area (Å²) in [4.78, 5) is 16.5. The first-order valence-corrected chi connectivity index (χ1v) is 8.93. The molecule has 3 atom stereocenters. The van der Waals surface area contributed by atoms with Gasteiger partial charge in [-0.25, -0.2) is 20.5 Å². The first-order chi connectivity index (χ1) is 13.1. The molecular weight excluding hydrogens is 344 g/mol. The highest BCUT2D eigenvalue weighted by molar-refractivity contribution is 5.82. The van der Waals surface area contributed by atoms with E-state index in [0.717, 1.165) is 22.8 Å². The molecule has 27 heavy (non-hydrogen) atoms. The molecule has 1 amide bonds. The van der Waals surface area contributed by atoms with E-state index in [1.807, 2.05) is 50.2 Å². The second-order valence-electron chi connectivity index (χ2n) is 6.74. The lowest BCUT2D eigenvalue weighted by Crippen LogP contribution is -2.43. The molecule has 8 heteroatoms. The predicted molar refractivity (Wildman–Crippen MR) is 98.8 cm³/mol. The number of rotatable bonds is 5. The minimum Gasteiger partial charge on any atom is -0.465 e. The highest BCUT2D eigenvalue weighted by Crippen LogP contribution is 2.24. The summed E-state index contributed by atoms with van der Waals surface area (Å²) in [6, 6.07) is 11.3. The van der Waals surface area contributed by atoms with E-state index in [1.165, 1.54) is 6.33 Å². The number of hydrazine groups is 1. The maximum Gasteiger partial charge on any atom is 0.239 e. The van der Waals surface area contributed by atoms with Crippen LogP contribution >= 0.6 is 0 Å². The maximum absolute atomic E-state index is 12.6. The highest BCUT2D eigenvalue weighted by atomic mass is 16.3. The number of amides is 1. The fourth-order valence-electron chi connectivity index (χ4n) is 3.21. The van der Waals surface area contributed by atoms with Crippen LogP contribution in [0.5, 0.6) is 0 Å². The number of hydrogen-bond acceptors (Lipinski definition) is 6. The molecule has 0 aliphatic carbocycles. The minimum absolute atomic E-state index is 0.00767. The Morgan fingerprint density at radius 1 is 1.26 bits per heavy atom. The van der Waals surface area contributed by atoms with E-state index in [4.69, 9.17) is 4.42 Å². The summed E-state index contributed by atoms with van der Waals surface area (Å²) in [6.07, 6.45) is 3.78. The molecule has 0 spiro atoms. The van der Waals surface area contributed by atoms with Crippen molar-refractivity contribution in [2.75, 3.05) is 0 Å². The largest absolute Gasteiger partial charge is 0.465 e. The Kier molecular flexibility index (Phi) is 4.74. The van der Waals surface area contributed by atoms with Gasteiger partial charge in [0.05, 0.1) is 17.8 Å². The zero-order valence-electron chi connectivity index (χ0n) is 15.2. The van der Waals surface area contributed by atoms with Gasteiger partial charge < -0.3 is 9.73 Å². The van der Waals surface area contributed by atoms with Crippen LogP contribution < -0.4 is 16.2 Å². The van der Waals surface area contributed by atoms with Crippen molar-refractivity contribution >= 4 is 5.91 Å². The number of nitrogens with zero attached hydrogens (tertiary/aromatic N) is 3. The Balaban J connectivity index is 1.35. The lowest BCUT2D eigenvalue weighted by Gasteiger charge is -2.17. The van der Waals surface area contributed by atoms with Crippen molar-refractivity contribution in [2.24, 2.45) is 0 Å². The third kappa shape index (κ3) is 3.76. The third-order valence-electron chi connectivity index (χ3n) is 4.76. The molecule has 140 valence electrons. The monoisotopic (exact) mass is 366 g/mol. The number of hydrogen-bond donors (Lipinski definition) is 3. The van der Waals surface area contributed by atoms with Crippen LogP contribution in [0.25, 0.3) is 5.69 Å². The number of benzene rings is 1. The van der Waals surface area contributed by atoms with Gasteiger partial charge in [-0.05, 0) is 50.1 Å². The Bertz CT molecular complexity index is 903. The number of carbonyl (C=O) groups is 1. The van der Waals surface area contributed by atoms with Crippen molar-refractivity contribution in [2.45, 2.75) is 38.4 Å². The molecule has 3 N–H and O–H groups in total. The molecule has 4 rings (SSSR count). The summed E-state index contributed by atoms with van der Waals surface area (Å²) in [6.45, 7) is 3.88. The quantitative estimate of drug-likeness (QED) is 0.639. The summed E-state index contributed by atoms with van der Waals surface area (Å²) in [5, 5.41) is 7.17. The van der Waals surface area contributed by atoms with Crippen LogP contribution in [0.3, 0.4) is 0 Å². The van der Waals surface area contributed by atoms with Crippen molar-refractivity contribution < 1.29 is 9.21 Å². The van der Waals surface area contributed by atoms with E-state index in [2.05, 4.69) is 26.3 Å². The molecule has 8 nitrogen and oxygen atoms in total. The van der Waals surface area contributed by atoms with Gasteiger partial charge in [0.15, 0.2) is 0 Å². The molecule has 2 aromatic heterocycles. The highest BCUT2D eigenvalue weighted by Gasteiger charge is 2.32. The Morgan fingerprint density at radius 3 is 2.74 bits per heavy atom. The number of aromatic nitrogens is 3. The second-order valence-corrected chi connectivity index (χ2v) is 6.74. The van der Waals surface area contributed by atoms with Gasteiger partial charge in [0, 0.05) is 0 Å². The minimum atomic E-state index is -0.308. The van der Waals surface area contributed by atoms with Gasteiger partial charge in [-0.3, -0.25) is 4.79 Å². The fraction of sp³-hybridized carbons (Fsp3) is 0.316. The Hall–Kier alpha value is -2.97. The van der Waals surface area contributed by atoms with Gasteiger partial charge in [0.1, 0.15) is 30.2 Å². The van der Waals surface area contributed by atoms with Crippen molar-refractivity contribution in [3.05, 3.63) is 66.1 Å². The first-order valence-electron chi connectivity index (χ1n) is 8.93. The van der Waals surface area contributed by atoms with Gasteiger partial charge in [-0.15, -0.1) is 0 Å². The summed E-state index contributed by atoms with van der Waals surface area (Å²) >= 11 is 0. The lowest BCUT2D eigenvalue weighted by molar-refractivity contribution is -0.123. The molecule has 1 aromatic carbocycles. The molecule has 3 unspecified atom stereocenters.